The standard InChI is InChI=1S/C21H30N6O2/c1-3-29-21(28)26-19(16-9-10-16)14-24-20(22-2)23-13-17-7-4-5-8-18(17)15-27-12-6-11-25-27/h4-8,11-12,16,19H,3,9-10,13-15H2,1-2H3,(H,26,28)(H2,22,23,24). The minimum absolute atomic E-state index is 0.0414. The van der Waals surface area contributed by atoms with Crippen molar-refractivity contribution in [2.45, 2.75) is 38.9 Å². The molecule has 1 unspecified atom stereocenters. The highest BCUT2D eigenvalue weighted by atomic mass is 16.5. The predicted molar refractivity (Wildman–Crippen MR) is 113 cm³/mol. The minimum atomic E-state index is -0.360. The van der Waals surface area contributed by atoms with Crippen LogP contribution in [0.2, 0.25) is 0 Å². The Balaban J connectivity index is 1.52. The van der Waals surface area contributed by atoms with Crippen LogP contribution in [0.3, 0.4) is 0 Å². The minimum Gasteiger partial charge on any atom is -0.450 e. The van der Waals surface area contributed by atoms with Gasteiger partial charge >= 0.3 is 6.09 Å². The Labute approximate surface area is 171 Å². The molecule has 1 aromatic carbocycles. The van der Waals surface area contributed by atoms with E-state index in [1.165, 1.54) is 11.1 Å². The second-order valence-electron chi connectivity index (χ2n) is 7.09. The van der Waals surface area contributed by atoms with Crippen molar-refractivity contribution >= 4 is 12.1 Å². The van der Waals surface area contributed by atoms with Crippen molar-refractivity contribution in [2.24, 2.45) is 10.9 Å². The van der Waals surface area contributed by atoms with Gasteiger partial charge in [-0.05, 0) is 42.9 Å². The van der Waals surface area contributed by atoms with Crippen LogP contribution in [0.1, 0.15) is 30.9 Å². The van der Waals surface area contributed by atoms with Gasteiger partial charge in [0.15, 0.2) is 5.96 Å². The van der Waals surface area contributed by atoms with E-state index in [1.54, 1.807) is 20.2 Å². The Bertz CT molecular complexity index is 801. The normalized spacial score (nSPS) is 14.9. The van der Waals surface area contributed by atoms with Crippen molar-refractivity contribution in [2.75, 3.05) is 20.2 Å². The lowest BCUT2D eigenvalue weighted by Gasteiger charge is -2.20. The van der Waals surface area contributed by atoms with Crippen LogP contribution in [-0.2, 0) is 17.8 Å². The fourth-order valence-corrected chi connectivity index (χ4v) is 3.22. The van der Waals surface area contributed by atoms with Crippen LogP contribution in [0.4, 0.5) is 4.79 Å². The molecular formula is C21H30N6O2. The van der Waals surface area contributed by atoms with Gasteiger partial charge in [-0.25, -0.2) is 4.79 Å². The Kier molecular flexibility index (Phi) is 7.49. The third-order valence-electron chi connectivity index (χ3n) is 4.94. The van der Waals surface area contributed by atoms with E-state index < -0.39 is 0 Å². The number of aromatic nitrogens is 2. The van der Waals surface area contributed by atoms with Gasteiger partial charge in [-0.2, -0.15) is 5.10 Å². The van der Waals surface area contributed by atoms with E-state index in [2.05, 4.69) is 38.2 Å². The summed E-state index contributed by atoms with van der Waals surface area (Å²) >= 11 is 0. The molecule has 1 atom stereocenters. The van der Waals surface area contributed by atoms with E-state index in [4.69, 9.17) is 4.74 Å². The van der Waals surface area contributed by atoms with Gasteiger partial charge in [0.05, 0.1) is 19.2 Å². The maximum Gasteiger partial charge on any atom is 0.407 e. The molecule has 1 aliphatic carbocycles. The van der Waals surface area contributed by atoms with Gasteiger partial charge < -0.3 is 20.7 Å². The molecule has 1 saturated carbocycles. The number of hydrogen-bond donors (Lipinski definition) is 3. The summed E-state index contributed by atoms with van der Waals surface area (Å²) in [6.07, 6.45) is 5.64. The van der Waals surface area contributed by atoms with Gasteiger partial charge in [0, 0.05) is 32.5 Å². The molecule has 0 bridgehead atoms. The zero-order valence-corrected chi connectivity index (χ0v) is 17.1. The Morgan fingerprint density at radius 2 is 2.07 bits per heavy atom. The summed E-state index contributed by atoms with van der Waals surface area (Å²) in [6, 6.07) is 10.3. The van der Waals surface area contributed by atoms with Crippen LogP contribution in [0.5, 0.6) is 0 Å². The number of guanidine groups is 1. The Hall–Kier alpha value is -3.03. The number of ether oxygens (including phenoxy) is 1. The lowest BCUT2D eigenvalue weighted by molar-refractivity contribution is 0.146. The summed E-state index contributed by atoms with van der Waals surface area (Å²) in [5.74, 6) is 1.20. The highest BCUT2D eigenvalue weighted by molar-refractivity contribution is 5.79. The first-order valence-corrected chi connectivity index (χ1v) is 10.1. The molecule has 3 rings (SSSR count). The maximum absolute atomic E-state index is 11.8. The molecule has 1 fully saturated rings. The maximum atomic E-state index is 11.8. The second-order valence-corrected chi connectivity index (χ2v) is 7.09. The topological polar surface area (TPSA) is 92.6 Å². The van der Waals surface area contributed by atoms with E-state index in [9.17, 15) is 4.79 Å². The van der Waals surface area contributed by atoms with Crippen LogP contribution >= 0.6 is 0 Å². The van der Waals surface area contributed by atoms with E-state index in [-0.39, 0.29) is 12.1 Å². The number of amides is 1. The van der Waals surface area contributed by atoms with Crippen LogP contribution in [0, 0.1) is 5.92 Å². The molecule has 0 spiro atoms. The summed E-state index contributed by atoms with van der Waals surface area (Å²) in [5.41, 5.74) is 2.40. The molecule has 0 saturated heterocycles. The van der Waals surface area contributed by atoms with Crippen LogP contribution < -0.4 is 16.0 Å². The Morgan fingerprint density at radius 1 is 1.28 bits per heavy atom. The van der Waals surface area contributed by atoms with Gasteiger partial charge in [0.25, 0.3) is 0 Å². The molecule has 0 aliphatic heterocycles. The molecule has 2 aromatic rings. The molecule has 0 radical (unpaired) electrons. The van der Waals surface area contributed by atoms with Crippen LogP contribution in [-0.4, -0.2) is 48.1 Å². The SMILES string of the molecule is CCOC(=O)NC(CNC(=NC)NCc1ccccc1Cn1cccn1)C1CC1. The van der Waals surface area contributed by atoms with Gasteiger partial charge in [-0.3, -0.25) is 9.67 Å². The quantitative estimate of drug-likeness (QED) is 0.444. The number of carbonyl (C=O) groups is 1. The average molecular weight is 399 g/mol. The van der Waals surface area contributed by atoms with Crippen molar-refractivity contribution in [3.63, 3.8) is 0 Å². The molecule has 156 valence electrons. The number of nitrogens with zero attached hydrogens (tertiary/aromatic N) is 3. The van der Waals surface area contributed by atoms with Crippen molar-refractivity contribution in [1.82, 2.24) is 25.7 Å². The first-order chi connectivity index (χ1) is 14.2. The van der Waals surface area contributed by atoms with Crippen molar-refractivity contribution in [3.05, 3.63) is 53.9 Å². The lowest BCUT2D eigenvalue weighted by atomic mass is 10.1. The molecule has 8 nitrogen and oxygen atoms in total. The smallest absolute Gasteiger partial charge is 0.407 e. The van der Waals surface area contributed by atoms with E-state index >= 15 is 0 Å². The largest absolute Gasteiger partial charge is 0.450 e. The molecule has 29 heavy (non-hydrogen) atoms. The summed E-state index contributed by atoms with van der Waals surface area (Å²) < 4.78 is 6.92. The number of carbonyl (C=O) groups excluding carboxylic acids is 1. The summed E-state index contributed by atoms with van der Waals surface area (Å²) in [7, 11) is 1.75. The number of nitrogens with one attached hydrogen (secondary N) is 3. The first kappa shape index (κ1) is 20.7. The second kappa shape index (κ2) is 10.5. The molecule has 1 aliphatic rings. The molecule has 1 amide bonds. The van der Waals surface area contributed by atoms with Gasteiger partial charge in [0.2, 0.25) is 0 Å². The molecule has 1 heterocycles. The van der Waals surface area contributed by atoms with E-state index in [0.29, 0.717) is 31.6 Å². The van der Waals surface area contributed by atoms with Gasteiger partial charge in [0.1, 0.15) is 0 Å². The summed E-state index contributed by atoms with van der Waals surface area (Å²) in [6.45, 7) is 4.16. The molecule has 3 N–H and O–H groups in total. The van der Waals surface area contributed by atoms with Crippen LogP contribution in [0.15, 0.2) is 47.7 Å². The van der Waals surface area contributed by atoms with E-state index in [1.807, 2.05) is 29.1 Å². The third kappa shape index (κ3) is 6.51. The third-order valence-corrected chi connectivity index (χ3v) is 4.94. The molecule has 1 aromatic heterocycles. The van der Waals surface area contributed by atoms with Gasteiger partial charge in [-0.15, -0.1) is 0 Å². The van der Waals surface area contributed by atoms with Crippen molar-refractivity contribution < 1.29 is 9.53 Å². The number of alkyl carbamates (subject to hydrolysis) is 1. The van der Waals surface area contributed by atoms with Crippen molar-refractivity contribution in [1.29, 1.82) is 0 Å². The zero-order valence-electron chi connectivity index (χ0n) is 17.1. The monoisotopic (exact) mass is 398 g/mol. The summed E-state index contributed by atoms with van der Waals surface area (Å²) in [5, 5.41) is 13.9. The Morgan fingerprint density at radius 3 is 2.72 bits per heavy atom. The van der Waals surface area contributed by atoms with Crippen LogP contribution in [0.25, 0.3) is 0 Å². The fourth-order valence-electron chi connectivity index (χ4n) is 3.22. The van der Waals surface area contributed by atoms with Crippen molar-refractivity contribution in [3.8, 4) is 0 Å². The number of hydrogen-bond acceptors (Lipinski definition) is 4. The van der Waals surface area contributed by atoms with E-state index in [0.717, 1.165) is 19.4 Å². The predicted octanol–water partition coefficient (Wildman–Crippen LogP) is 2.12. The summed E-state index contributed by atoms with van der Waals surface area (Å²) in [4.78, 5) is 16.1. The highest BCUT2D eigenvalue weighted by Gasteiger charge is 2.32. The first-order valence-electron chi connectivity index (χ1n) is 10.1. The highest BCUT2D eigenvalue weighted by Crippen LogP contribution is 2.32. The average Bonchev–Trinajstić information content (AvgIpc) is 3.45. The lowest BCUT2D eigenvalue weighted by Crippen LogP contribution is -2.48. The number of rotatable bonds is 9. The molecular weight excluding hydrogens is 368 g/mol. The number of aliphatic imine (C=N–C) groups is 1. The fraction of sp³-hybridized carbons (Fsp3) is 0.476. The molecule has 8 heteroatoms. The number of benzene rings is 1. The zero-order chi connectivity index (χ0) is 20.5. The van der Waals surface area contributed by atoms with Gasteiger partial charge in [-0.1, -0.05) is 24.3 Å².